The van der Waals surface area contributed by atoms with Crippen LogP contribution >= 0.6 is 11.6 Å². The molecule has 7 heteroatoms. The highest BCUT2D eigenvalue weighted by Gasteiger charge is 2.20. The molecule has 0 radical (unpaired) electrons. The number of rotatable bonds is 5. The Hall–Kier alpha value is -2.34. The first-order chi connectivity index (χ1) is 12.6. The molecular formula is C19H22ClN3O3. The van der Waals surface area contributed by atoms with Gasteiger partial charge in [-0.05, 0) is 44.4 Å². The number of aromatic nitrogens is 1. The van der Waals surface area contributed by atoms with Gasteiger partial charge in [-0.2, -0.15) is 0 Å². The molecule has 1 saturated heterocycles. The minimum absolute atomic E-state index is 0.0199. The fraction of sp³-hybridized carbons (Fsp3) is 0.421. The summed E-state index contributed by atoms with van der Waals surface area (Å²) in [5.74, 6) is -0.457. The van der Waals surface area contributed by atoms with Gasteiger partial charge in [-0.15, -0.1) is 0 Å². The Morgan fingerprint density at radius 1 is 1.27 bits per heavy atom. The van der Waals surface area contributed by atoms with E-state index in [-0.39, 0.29) is 19.1 Å². The van der Waals surface area contributed by atoms with Crippen LogP contribution in [-0.4, -0.2) is 48.0 Å². The van der Waals surface area contributed by atoms with Gasteiger partial charge in [0.1, 0.15) is 5.56 Å². The van der Waals surface area contributed by atoms with E-state index in [1.165, 1.54) is 6.20 Å². The van der Waals surface area contributed by atoms with Crippen LogP contribution in [0.5, 0.6) is 0 Å². The monoisotopic (exact) mass is 375 g/mol. The van der Waals surface area contributed by atoms with Gasteiger partial charge < -0.3 is 15.0 Å². The van der Waals surface area contributed by atoms with E-state index in [1.807, 2.05) is 4.90 Å². The summed E-state index contributed by atoms with van der Waals surface area (Å²) in [6.07, 6.45) is 4.71. The highest BCUT2D eigenvalue weighted by molar-refractivity contribution is 6.31. The molecule has 0 atom stereocenters. The first kappa shape index (κ1) is 18.5. The molecule has 1 aliphatic rings. The second-order valence-corrected chi connectivity index (χ2v) is 6.66. The summed E-state index contributed by atoms with van der Waals surface area (Å²) < 4.78 is 5.12. The van der Waals surface area contributed by atoms with Crippen molar-refractivity contribution in [2.45, 2.75) is 26.2 Å². The minimum atomic E-state index is -0.477. The molecule has 1 aromatic carbocycles. The third kappa shape index (κ3) is 4.07. The number of fused-ring (bicyclic) bond motifs is 1. The Morgan fingerprint density at radius 2 is 2.04 bits per heavy atom. The lowest BCUT2D eigenvalue weighted by atomic mass is 10.1. The van der Waals surface area contributed by atoms with E-state index >= 15 is 0 Å². The number of hydrogen-bond donors (Lipinski definition) is 1. The van der Waals surface area contributed by atoms with Crippen molar-refractivity contribution in [3.8, 4) is 0 Å². The number of esters is 1. The Morgan fingerprint density at radius 3 is 2.77 bits per heavy atom. The molecular weight excluding hydrogens is 354 g/mol. The molecule has 2 heterocycles. The molecule has 6 nitrogen and oxygen atoms in total. The van der Waals surface area contributed by atoms with Gasteiger partial charge >= 0.3 is 5.97 Å². The highest BCUT2D eigenvalue weighted by atomic mass is 35.5. The van der Waals surface area contributed by atoms with Gasteiger partial charge in [0.15, 0.2) is 0 Å². The molecule has 0 unspecified atom stereocenters. The molecule has 0 bridgehead atoms. The molecule has 0 spiro atoms. The lowest BCUT2D eigenvalue weighted by molar-refractivity contribution is -0.130. The fourth-order valence-corrected chi connectivity index (χ4v) is 3.31. The van der Waals surface area contributed by atoms with Crippen LogP contribution in [0.1, 0.15) is 36.5 Å². The molecule has 0 saturated carbocycles. The average molecular weight is 376 g/mol. The standard InChI is InChI=1S/C19H22ClN3O3/c1-2-26-19(25)15-11-21-16-7-6-13(20)10-14(16)18(15)22-12-17(24)23-8-4-3-5-9-23/h6-7,10-11H,2-5,8-9,12H2,1H3,(H,21,22). The predicted molar refractivity (Wildman–Crippen MR) is 102 cm³/mol. The zero-order chi connectivity index (χ0) is 18.5. The normalized spacial score (nSPS) is 14.3. The number of carbonyl (C=O) groups excluding carboxylic acids is 2. The van der Waals surface area contributed by atoms with Gasteiger partial charge in [-0.3, -0.25) is 9.78 Å². The Kier molecular flexibility index (Phi) is 5.93. The first-order valence-electron chi connectivity index (χ1n) is 8.87. The summed E-state index contributed by atoms with van der Waals surface area (Å²) in [4.78, 5) is 31.0. The van der Waals surface area contributed by atoms with E-state index in [1.54, 1.807) is 25.1 Å². The van der Waals surface area contributed by atoms with Gasteiger partial charge in [0.05, 0.1) is 24.4 Å². The zero-order valence-electron chi connectivity index (χ0n) is 14.8. The topological polar surface area (TPSA) is 71.5 Å². The lowest BCUT2D eigenvalue weighted by Crippen LogP contribution is -2.39. The van der Waals surface area contributed by atoms with Crippen molar-refractivity contribution in [2.24, 2.45) is 0 Å². The summed E-state index contributed by atoms with van der Waals surface area (Å²) in [6, 6.07) is 5.26. The average Bonchev–Trinajstić information content (AvgIpc) is 2.66. The molecule has 138 valence electrons. The van der Waals surface area contributed by atoms with Crippen LogP contribution in [0.2, 0.25) is 5.02 Å². The van der Waals surface area contributed by atoms with Crippen molar-refractivity contribution in [1.82, 2.24) is 9.88 Å². The van der Waals surface area contributed by atoms with E-state index in [4.69, 9.17) is 16.3 Å². The van der Waals surface area contributed by atoms with Crippen LogP contribution in [0.15, 0.2) is 24.4 Å². The SMILES string of the molecule is CCOC(=O)c1cnc2ccc(Cl)cc2c1NCC(=O)N1CCCCC1. The molecule has 2 aromatic rings. The van der Waals surface area contributed by atoms with Crippen LogP contribution in [-0.2, 0) is 9.53 Å². The van der Waals surface area contributed by atoms with Crippen LogP contribution in [0, 0.1) is 0 Å². The maximum atomic E-state index is 12.5. The molecule has 1 N–H and O–H groups in total. The number of carbonyl (C=O) groups is 2. The molecule has 26 heavy (non-hydrogen) atoms. The largest absolute Gasteiger partial charge is 0.462 e. The molecule has 1 fully saturated rings. The Bertz CT molecular complexity index is 819. The molecule has 1 aromatic heterocycles. The van der Waals surface area contributed by atoms with E-state index in [9.17, 15) is 9.59 Å². The quantitative estimate of drug-likeness (QED) is 0.810. The van der Waals surface area contributed by atoms with E-state index < -0.39 is 5.97 Å². The molecule has 1 amide bonds. The van der Waals surface area contributed by atoms with Crippen molar-refractivity contribution < 1.29 is 14.3 Å². The van der Waals surface area contributed by atoms with Gasteiger partial charge in [0, 0.05) is 29.7 Å². The summed E-state index contributed by atoms with van der Waals surface area (Å²) in [5, 5.41) is 4.35. The van der Waals surface area contributed by atoms with Gasteiger partial charge in [0.25, 0.3) is 0 Å². The highest BCUT2D eigenvalue weighted by Crippen LogP contribution is 2.29. The number of piperidine rings is 1. The Labute approximate surface area is 157 Å². The summed E-state index contributed by atoms with van der Waals surface area (Å²) in [7, 11) is 0. The molecule has 0 aliphatic carbocycles. The van der Waals surface area contributed by atoms with Gasteiger partial charge in [-0.1, -0.05) is 11.6 Å². The minimum Gasteiger partial charge on any atom is -0.462 e. The number of benzene rings is 1. The molecule has 3 rings (SSSR count). The maximum absolute atomic E-state index is 12.5. The summed E-state index contributed by atoms with van der Waals surface area (Å²) in [6.45, 7) is 3.69. The predicted octanol–water partition coefficient (Wildman–Crippen LogP) is 3.49. The summed E-state index contributed by atoms with van der Waals surface area (Å²) >= 11 is 6.12. The van der Waals surface area contributed by atoms with Crippen molar-refractivity contribution in [2.75, 3.05) is 31.6 Å². The smallest absolute Gasteiger partial charge is 0.341 e. The third-order valence-corrected chi connectivity index (χ3v) is 4.69. The summed E-state index contributed by atoms with van der Waals surface area (Å²) in [5.41, 5.74) is 1.52. The van der Waals surface area contributed by atoms with Crippen LogP contribution in [0.25, 0.3) is 10.9 Å². The van der Waals surface area contributed by atoms with Crippen LogP contribution in [0.4, 0.5) is 5.69 Å². The second-order valence-electron chi connectivity index (χ2n) is 6.22. The van der Waals surface area contributed by atoms with E-state index in [0.717, 1.165) is 32.4 Å². The third-order valence-electron chi connectivity index (χ3n) is 4.45. The molecule has 1 aliphatic heterocycles. The van der Waals surface area contributed by atoms with E-state index in [0.29, 0.717) is 27.2 Å². The number of amides is 1. The van der Waals surface area contributed by atoms with Gasteiger partial charge in [-0.25, -0.2) is 4.79 Å². The number of nitrogens with zero attached hydrogens (tertiary/aromatic N) is 2. The van der Waals surface area contributed by atoms with Crippen LogP contribution < -0.4 is 5.32 Å². The lowest BCUT2D eigenvalue weighted by Gasteiger charge is -2.27. The first-order valence-corrected chi connectivity index (χ1v) is 9.25. The number of anilines is 1. The number of likely N-dealkylation sites (tertiary alicyclic amines) is 1. The van der Waals surface area contributed by atoms with E-state index in [2.05, 4.69) is 10.3 Å². The number of ether oxygens (including phenoxy) is 1. The van der Waals surface area contributed by atoms with Crippen molar-refractivity contribution in [3.05, 3.63) is 35.0 Å². The number of nitrogens with one attached hydrogen (secondary N) is 1. The fourth-order valence-electron chi connectivity index (χ4n) is 3.14. The number of halogens is 1. The number of pyridine rings is 1. The zero-order valence-corrected chi connectivity index (χ0v) is 15.5. The van der Waals surface area contributed by atoms with Gasteiger partial charge in [0.2, 0.25) is 5.91 Å². The number of hydrogen-bond acceptors (Lipinski definition) is 5. The Balaban J connectivity index is 1.90. The van der Waals surface area contributed by atoms with Crippen molar-refractivity contribution in [1.29, 1.82) is 0 Å². The maximum Gasteiger partial charge on any atom is 0.341 e. The van der Waals surface area contributed by atoms with Crippen molar-refractivity contribution in [3.63, 3.8) is 0 Å². The van der Waals surface area contributed by atoms with Crippen molar-refractivity contribution >= 4 is 40.1 Å². The second kappa shape index (κ2) is 8.36. The van der Waals surface area contributed by atoms with Crippen LogP contribution in [0.3, 0.4) is 0 Å².